The number of hydrogen-bond acceptors (Lipinski definition) is 5. The van der Waals surface area contributed by atoms with E-state index in [1.807, 2.05) is 30.3 Å². The lowest BCUT2D eigenvalue weighted by molar-refractivity contribution is -0.231. The molecule has 0 spiro atoms. The van der Waals surface area contributed by atoms with Gasteiger partial charge in [0.1, 0.15) is 36.7 Å². The van der Waals surface area contributed by atoms with Gasteiger partial charge in [-0.2, -0.15) is 0 Å². The third-order valence-electron chi connectivity index (χ3n) is 5.63. The summed E-state index contributed by atoms with van der Waals surface area (Å²) in [6.07, 6.45) is -5.61. The van der Waals surface area contributed by atoms with Gasteiger partial charge in [0, 0.05) is 10.6 Å². The lowest BCUT2D eigenvalue weighted by Gasteiger charge is -2.40. The van der Waals surface area contributed by atoms with Crippen molar-refractivity contribution in [2.24, 2.45) is 0 Å². The maximum absolute atomic E-state index is 15.4. The second-order valence-corrected chi connectivity index (χ2v) is 7.90. The molecule has 2 aromatic rings. The van der Waals surface area contributed by atoms with Gasteiger partial charge in [-0.3, -0.25) is 0 Å². The van der Waals surface area contributed by atoms with Crippen LogP contribution in [-0.4, -0.2) is 51.4 Å². The number of allylic oxidation sites excluding steroid dienone is 1. The van der Waals surface area contributed by atoms with Crippen LogP contribution in [0.15, 0.2) is 48.0 Å². The molecule has 1 fully saturated rings. The van der Waals surface area contributed by atoms with E-state index in [4.69, 9.17) is 16.3 Å². The largest absolute Gasteiger partial charge is 0.394 e. The van der Waals surface area contributed by atoms with Crippen LogP contribution in [0, 0.1) is 0 Å². The highest BCUT2D eigenvalue weighted by molar-refractivity contribution is 6.31. The minimum Gasteiger partial charge on any atom is -0.394 e. The highest BCUT2D eigenvalue weighted by Crippen LogP contribution is 2.41. The first kappa shape index (κ1) is 20.5. The van der Waals surface area contributed by atoms with E-state index in [0.29, 0.717) is 17.6 Å². The van der Waals surface area contributed by atoms with Crippen molar-refractivity contribution in [1.29, 1.82) is 0 Å². The zero-order valence-electron chi connectivity index (χ0n) is 15.5. The summed E-state index contributed by atoms with van der Waals surface area (Å²) in [5, 5.41) is 40.0. The molecule has 1 unspecified atom stereocenters. The third-order valence-corrected chi connectivity index (χ3v) is 5.97. The summed E-state index contributed by atoms with van der Waals surface area (Å²) >= 11 is 6.26. The molecule has 0 amide bonds. The molecule has 0 radical (unpaired) electrons. The van der Waals surface area contributed by atoms with Crippen molar-refractivity contribution < 1.29 is 29.6 Å². The van der Waals surface area contributed by atoms with Gasteiger partial charge in [0.25, 0.3) is 0 Å². The summed E-state index contributed by atoms with van der Waals surface area (Å²) in [5.41, 5.74) is 3.25. The van der Waals surface area contributed by atoms with Gasteiger partial charge >= 0.3 is 0 Å². The fourth-order valence-corrected chi connectivity index (χ4v) is 4.19. The summed E-state index contributed by atoms with van der Waals surface area (Å²) in [5.74, 6) is 0. The number of halogens is 2. The monoisotopic (exact) mass is 420 g/mol. The van der Waals surface area contributed by atoms with Crippen LogP contribution < -0.4 is 0 Å². The molecular weight excluding hydrogens is 399 g/mol. The fourth-order valence-electron chi connectivity index (χ4n) is 3.98. The van der Waals surface area contributed by atoms with Gasteiger partial charge in [-0.1, -0.05) is 48.0 Å². The molecule has 1 aliphatic carbocycles. The Bertz CT molecular complexity index is 931. The van der Waals surface area contributed by atoms with Gasteiger partial charge in [-0.05, 0) is 40.8 Å². The number of alkyl halides is 1. The topological polar surface area (TPSA) is 90.2 Å². The lowest BCUT2D eigenvalue weighted by Crippen LogP contribution is -2.55. The number of hydrogen-bond donors (Lipinski definition) is 4. The van der Waals surface area contributed by atoms with E-state index in [9.17, 15) is 20.4 Å². The van der Waals surface area contributed by atoms with Gasteiger partial charge in [0.2, 0.25) is 0 Å². The first-order valence-corrected chi connectivity index (χ1v) is 9.80. The molecule has 4 N–H and O–H groups in total. The zero-order chi connectivity index (χ0) is 20.7. The van der Waals surface area contributed by atoms with Gasteiger partial charge in [-0.25, -0.2) is 4.39 Å². The van der Waals surface area contributed by atoms with E-state index in [1.165, 1.54) is 12.1 Å². The Morgan fingerprint density at radius 3 is 2.55 bits per heavy atom. The molecule has 1 aliphatic heterocycles. The molecule has 6 atom stereocenters. The Labute approximate surface area is 172 Å². The summed E-state index contributed by atoms with van der Waals surface area (Å²) in [6, 6.07) is 12.3. The average molecular weight is 421 g/mol. The van der Waals surface area contributed by atoms with Crippen molar-refractivity contribution in [1.82, 2.24) is 0 Å². The van der Waals surface area contributed by atoms with Gasteiger partial charge < -0.3 is 25.2 Å². The fraction of sp³-hybridized carbons (Fsp3) is 0.364. The molecule has 29 heavy (non-hydrogen) atoms. The van der Waals surface area contributed by atoms with Crippen LogP contribution in [0.1, 0.15) is 34.5 Å². The zero-order valence-corrected chi connectivity index (χ0v) is 16.2. The number of fused-ring (bicyclic) bond motifs is 1. The van der Waals surface area contributed by atoms with Crippen molar-refractivity contribution in [3.05, 3.63) is 75.3 Å². The molecule has 7 heteroatoms. The molecule has 0 saturated carbocycles. The molecule has 1 heterocycles. The normalized spacial score (nSPS) is 30.0. The average Bonchev–Trinajstić information content (AvgIpc) is 3.17. The Hall–Kier alpha value is -1.80. The van der Waals surface area contributed by atoms with Crippen molar-refractivity contribution in [2.75, 3.05) is 6.61 Å². The Balaban J connectivity index is 1.63. The molecule has 4 rings (SSSR count). The van der Waals surface area contributed by atoms with Crippen LogP contribution in [-0.2, 0) is 11.2 Å². The van der Waals surface area contributed by atoms with E-state index in [-0.39, 0.29) is 10.6 Å². The number of aliphatic hydroxyl groups excluding tert-OH is 4. The Morgan fingerprint density at radius 2 is 1.83 bits per heavy atom. The molecule has 0 bridgehead atoms. The predicted octanol–water partition coefficient (Wildman–Crippen LogP) is 2.51. The highest BCUT2D eigenvalue weighted by atomic mass is 35.5. The molecule has 2 aliphatic rings. The van der Waals surface area contributed by atoms with E-state index < -0.39 is 43.3 Å². The quantitative estimate of drug-likeness (QED) is 0.610. The first-order chi connectivity index (χ1) is 13.9. The molecule has 5 nitrogen and oxygen atoms in total. The van der Waals surface area contributed by atoms with Crippen LogP contribution in [0.2, 0.25) is 5.02 Å². The van der Waals surface area contributed by atoms with Crippen LogP contribution in [0.5, 0.6) is 0 Å². The van der Waals surface area contributed by atoms with Crippen LogP contribution in [0.3, 0.4) is 0 Å². The SMILES string of the molecule is OC[C@H]1O[C@@H](c2ccc(Cl)c(C(F)C3=Cc4ccccc4C3)c2)[C@H](O)[C@@H](O)[C@@H]1O. The van der Waals surface area contributed by atoms with Crippen molar-refractivity contribution in [3.63, 3.8) is 0 Å². The van der Waals surface area contributed by atoms with Gasteiger partial charge in [0.15, 0.2) is 0 Å². The van der Waals surface area contributed by atoms with Crippen LogP contribution in [0.25, 0.3) is 6.08 Å². The standard InChI is InChI=1S/C22H22ClFO5/c23-16-6-5-13(22-21(28)20(27)19(26)17(10-25)29-22)9-15(16)18(24)14-7-11-3-1-2-4-12(11)8-14/h1-7,9,17-22,25-28H,8,10H2/t17-,18?,19-,20+,21-,22+/m1/s1. The maximum atomic E-state index is 15.4. The van der Waals surface area contributed by atoms with Crippen LogP contribution >= 0.6 is 11.6 Å². The Morgan fingerprint density at radius 1 is 1.07 bits per heavy atom. The number of benzene rings is 2. The molecule has 154 valence electrons. The van der Waals surface area contributed by atoms with E-state index in [2.05, 4.69) is 0 Å². The lowest BCUT2D eigenvalue weighted by atomic mass is 9.89. The van der Waals surface area contributed by atoms with Crippen molar-refractivity contribution >= 4 is 17.7 Å². The van der Waals surface area contributed by atoms with E-state index >= 15 is 4.39 Å². The molecule has 0 aromatic heterocycles. The van der Waals surface area contributed by atoms with Gasteiger partial charge in [0.05, 0.1) is 6.61 Å². The summed E-state index contributed by atoms with van der Waals surface area (Å²) in [7, 11) is 0. The first-order valence-electron chi connectivity index (χ1n) is 9.43. The second kappa shape index (κ2) is 8.14. The highest BCUT2D eigenvalue weighted by Gasteiger charge is 2.44. The van der Waals surface area contributed by atoms with Crippen molar-refractivity contribution in [3.8, 4) is 0 Å². The number of ether oxygens (including phenoxy) is 1. The maximum Gasteiger partial charge on any atom is 0.148 e. The minimum absolute atomic E-state index is 0.236. The summed E-state index contributed by atoms with van der Waals surface area (Å²) < 4.78 is 21.0. The predicted molar refractivity (Wildman–Crippen MR) is 106 cm³/mol. The Kier molecular flexibility index (Phi) is 5.75. The van der Waals surface area contributed by atoms with E-state index in [0.717, 1.165) is 11.1 Å². The number of aliphatic hydroxyl groups is 4. The minimum atomic E-state index is -1.50. The van der Waals surface area contributed by atoms with Gasteiger partial charge in [-0.15, -0.1) is 0 Å². The molecular formula is C22H22ClFO5. The third kappa shape index (κ3) is 3.72. The smallest absolute Gasteiger partial charge is 0.148 e. The summed E-state index contributed by atoms with van der Waals surface area (Å²) in [4.78, 5) is 0. The van der Waals surface area contributed by atoms with E-state index in [1.54, 1.807) is 6.07 Å². The second-order valence-electron chi connectivity index (χ2n) is 7.49. The molecule has 2 aromatic carbocycles. The summed E-state index contributed by atoms with van der Waals surface area (Å²) in [6.45, 7) is -0.529. The van der Waals surface area contributed by atoms with Crippen LogP contribution in [0.4, 0.5) is 4.39 Å². The van der Waals surface area contributed by atoms with Crippen molar-refractivity contribution in [2.45, 2.75) is 43.1 Å². The molecule has 1 saturated heterocycles. The number of rotatable bonds is 4.